The summed E-state index contributed by atoms with van der Waals surface area (Å²) in [6, 6.07) is 13.7. The first-order valence-corrected chi connectivity index (χ1v) is 9.87. The van der Waals surface area contributed by atoms with Crippen molar-refractivity contribution >= 4 is 22.6 Å². The maximum Gasteiger partial charge on any atom is 0.264 e. The smallest absolute Gasteiger partial charge is 0.264 e. The standard InChI is InChI=1S/C23H23N5O2/c1-4-17-10-7-9-16(3)21(17)26-20(29)13-27-14-24-22-18(23(27)30)12-25-28(22)19-11-6-5-8-15(19)2/h5-12,14H,4,13H2,1-3H3,(H,26,29). The van der Waals surface area contributed by atoms with Crippen molar-refractivity contribution < 1.29 is 4.79 Å². The number of carbonyl (C=O) groups is 1. The van der Waals surface area contributed by atoms with E-state index < -0.39 is 0 Å². The zero-order valence-electron chi connectivity index (χ0n) is 17.2. The van der Waals surface area contributed by atoms with Gasteiger partial charge < -0.3 is 5.32 Å². The van der Waals surface area contributed by atoms with Crippen LogP contribution in [-0.4, -0.2) is 25.2 Å². The minimum atomic E-state index is -0.296. The number of hydrogen-bond donors (Lipinski definition) is 1. The maximum atomic E-state index is 12.9. The van der Waals surface area contributed by atoms with E-state index in [-0.39, 0.29) is 18.0 Å². The van der Waals surface area contributed by atoms with E-state index in [1.807, 2.05) is 63.2 Å². The highest BCUT2D eigenvalue weighted by Crippen LogP contribution is 2.21. The van der Waals surface area contributed by atoms with E-state index in [2.05, 4.69) is 15.4 Å². The second kappa shape index (κ2) is 7.94. The van der Waals surface area contributed by atoms with Crippen molar-refractivity contribution in [2.75, 3.05) is 5.32 Å². The molecule has 1 N–H and O–H groups in total. The van der Waals surface area contributed by atoms with Crippen molar-refractivity contribution in [3.63, 3.8) is 0 Å². The number of nitrogens with one attached hydrogen (secondary N) is 1. The van der Waals surface area contributed by atoms with Gasteiger partial charge in [-0.05, 0) is 43.0 Å². The second-order valence-corrected chi connectivity index (χ2v) is 7.27. The fourth-order valence-electron chi connectivity index (χ4n) is 3.57. The highest BCUT2D eigenvalue weighted by molar-refractivity contribution is 5.92. The van der Waals surface area contributed by atoms with Gasteiger partial charge in [0.1, 0.15) is 18.3 Å². The SMILES string of the molecule is CCc1cccc(C)c1NC(=O)Cn1cnc2c(cnn2-c2ccccc2C)c1=O. The molecule has 7 nitrogen and oxygen atoms in total. The van der Waals surface area contributed by atoms with Crippen LogP contribution in [0.25, 0.3) is 16.7 Å². The molecule has 0 radical (unpaired) electrons. The number of benzene rings is 2. The van der Waals surface area contributed by atoms with Gasteiger partial charge in [0, 0.05) is 5.69 Å². The molecule has 30 heavy (non-hydrogen) atoms. The van der Waals surface area contributed by atoms with E-state index in [0.717, 1.165) is 34.5 Å². The quantitative estimate of drug-likeness (QED) is 0.556. The molecule has 0 unspecified atom stereocenters. The third kappa shape index (κ3) is 3.50. The fourth-order valence-corrected chi connectivity index (χ4v) is 3.57. The van der Waals surface area contributed by atoms with E-state index in [0.29, 0.717) is 11.0 Å². The molecule has 0 aliphatic rings. The zero-order chi connectivity index (χ0) is 21.3. The molecule has 0 bridgehead atoms. The molecule has 152 valence electrons. The summed E-state index contributed by atoms with van der Waals surface area (Å²) in [7, 11) is 0. The monoisotopic (exact) mass is 401 g/mol. The van der Waals surface area contributed by atoms with Gasteiger partial charge in [-0.25, -0.2) is 9.67 Å². The number of hydrogen-bond acceptors (Lipinski definition) is 4. The van der Waals surface area contributed by atoms with Gasteiger partial charge in [0.2, 0.25) is 5.91 Å². The lowest BCUT2D eigenvalue weighted by molar-refractivity contribution is -0.116. The minimum absolute atomic E-state index is 0.116. The molecule has 2 heterocycles. The van der Waals surface area contributed by atoms with Gasteiger partial charge in [-0.15, -0.1) is 0 Å². The van der Waals surface area contributed by atoms with Crippen LogP contribution in [0.3, 0.4) is 0 Å². The van der Waals surface area contributed by atoms with E-state index >= 15 is 0 Å². The molecule has 0 aliphatic carbocycles. The van der Waals surface area contributed by atoms with Crippen LogP contribution < -0.4 is 10.9 Å². The van der Waals surface area contributed by atoms with E-state index in [1.165, 1.54) is 17.1 Å². The van der Waals surface area contributed by atoms with Crippen LogP contribution >= 0.6 is 0 Å². The molecule has 0 saturated heterocycles. The zero-order valence-corrected chi connectivity index (χ0v) is 17.2. The van der Waals surface area contributed by atoms with Gasteiger partial charge in [0.05, 0.1) is 11.9 Å². The third-order valence-corrected chi connectivity index (χ3v) is 5.22. The molecular formula is C23H23N5O2. The number of rotatable bonds is 5. The first kappa shape index (κ1) is 19.6. The number of para-hydroxylation sites is 2. The molecule has 0 atom stereocenters. The normalized spacial score (nSPS) is 11.0. The molecular weight excluding hydrogens is 378 g/mol. The van der Waals surface area contributed by atoms with E-state index in [4.69, 9.17) is 0 Å². The Bertz CT molecular complexity index is 1300. The Morgan fingerprint density at radius 3 is 2.60 bits per heavy atom. The van der Waals surface area contributed by atoms with E-state index in [1.54, 1.807) is 4.68 Å². The highest BCUT2D eigenvalue weighted by atomic mass is 16.2. The average Bonchev–Trinajstić information content (AvgIpc) is 3.16. The minimum Gasteiger partial charge on any atom is -0.324 e. The average molecular weight is 401 g/mol. The number of amides is 1. The summed E-state index contributed by atoms with van der Waals surface area (Å²) in [5.74, 6) is -0.270. The summed E-state index contributed by atoms with van der Waals surface area (Å²) in [4.78, 5) is 30.0. The van der Waals surface area contributed by atoms with E-state index in [9.17, 15) is 9.59 Å². The number of anilines is 1. The van der Waals surface area contributed by atoms with Gasteiger partial charge in [-0.1, -0.05) is 43.3 Å². The van der Waals surface area contributed by atoms with Crippen LogP contribution in [0.4, 0.5) is 5.69 Å². The van der Waals surface area contributed by atoms with Crippen molar-refractivity contribution in [3.05, 3.63) is 82.0 Å². The lowest BCUT2D eigenvalue weighted by atomic mass is 10.1. The first-order valence-electron chi connectivity index (χ1n) is 9.87. The predicted molar refractivity (Wildman–Crippen MR) is 117 cm³/mol. The Kier molecular flexibility index (Phi) is 5.18. The Morgan fingerprint density at radius 2 is 1.83 bits per heavy atom. The van der Waals surface area contributed by atoms with Crippen molar-refractivity contribution in [3.8, 4) is 5.69 Å². The topological polar surface area (TPSA) is 81.8 Å². The number of carbonyl (C=O) groups excluding carboxylic acids is 1. The molecule has 0 saturated carbocycles. The number of aryl methyl sites for hydroxylation is 3. The molecule has 0 spiro atoms. The Balaban J connectivity index is 1.64. The highest BCUT2D eigenvalue weighted by Gasteiger charge is 2.15. The lowest BCUT2D eigenvalue weighted by Crippen LogP contribution is -2.28. The Labute approximate surface area is 174 Å². The lowest BCUT2D eigenvalue weighted by Gasteiger charge is -2.13. The second-order valence-electron chi connectivity index (χ2n) is 7.27. The van der Waals surface area contributed by atoms with Crippen molar-refractivity contribution in [2.45, 2.75) is 33.7 Å². The first-order chi connectivity index (χ1) is 14.5. The van der Waals surface area contributed by atoms with Crippen molar-refractivity contribution in [1.82, 2.24) is 19.3 Å². The van der Waals surface area contributed by atoms with Crippen LogP contribution in [0.2, 0.25) is 0 Å². The van der Waals surface area contributed by atoms with Gasteiger partial charge in [0.15, 0.2) is 5.65 Å². The molecule has 2 aromatic heterocycles. The molecule has 2 aromatic carbocycles. The predicted octanol–water partition coefficient (Wildman–Crippen LogP) is 3.40. The van der Waals surface area contributed by atoms with Crippen molar-refractivity contribution in [1.29, 1.82) is 0 Å². The Hall–Kier alpha value is -3.74. The summed E-state index contributed by atoms with van der Waals surface area (Å²) in [6.45, 7) is 5.85. The molecule has 0 fully saturated rings. The number of fused-ring (bicyclic) bond motifs is 1. The summed E-state index contributed by atoms with van der Waals surface area (Å²) >= 11 is 0. The molecule has 1 amide bonds. The van der Waals surface area contributed by atoms with Crippen LogP contribution in [0, 0.1) is 13.8 Å². The van der Waals surface area contributed by atoms with Gasteiger partial charge in [-0.3, -0.25) is 14.2 Å². The molecule has 4 rings (SSSR count). The summed E-state index contributed by atoms with van der Waals surface area (Å²) in [6.07, 6.45) is 3.71. The van der Waals surface area contributed by atoms with Crippen LogP contribution in [-0.2, 0) is 17.8 Å². The maximum absolute atomic E-state index is 12.9. The van der Waals surface area contributed by atoms with Gasteiger partial charge in [-0.2, -0.15) is 5.10 Å². The summed E-state index contributed by atoms with van der Waals surface area (Å²) in [5.41, 5.74) is 4.92. The third-order valence-electron chi connectivity index (χ3n) is 5.22. The number of nitrogens with zero attached hydrogens (tertiary/aromatic N) is 4. The molecule has 7 heteroatoms. The van der Waals surface area contributed by atoms with Gasteiger partial charge in [0.25, 0.3) is 5.56 Å². The summed E-state index contributed by atoms with van der Waals surface area (Å²) in [5, 5.41) is 7.67. The van der Waals surface area contributed by atoms with Crippen LogP contribution in [0.5, 0.6) is 0 Å². The largest absolute Gasteiger partial charge is 0.324 e. The van der Waals surface area contributed by atoms with Gasteiger partial charge >= 0.3 is 0 Å². The van der Waals surface area contributed by atoms with Crippen LogP contribution in [0.1, 0.15) is 23.6 Å². The Morgan fingerprint density at radius 1 is 1.07 bits per heavy atom. The summed E-state index contributed by atoms with van der Waals surface area (Å²) < 4.78 is 2.96. The van der Waals surface area contributed by atoms with Crippen molar-refractivity contribution in [2.24, 2.45) is 0 Å². The molecule has 0 aliphatic heterocycles. The van der Waals surface area contributed by atoms with Crippen LogP contribution in [0.15, 0.2) is 59.8 Å². The molecule has 4 aromatic rings. The number of aromatic nitrogens is 4. The fraction of sp³-hybridized carbons (Fsp3) is 0.217.